The Morgan fingerprint density at radius 1 is 1.00 bits per heavy atom. The fourth-order valence-electron chi connectivity index (χ4n) is 3.99. The van der Waals surface area contributed by atoms with E-state index >= 15 is 0 Å². The second kappa shape index (κ2) is 12.4. The first-order chi connectivity index (χ1) is 15.4. The zero-order chi connectivity index (χ0) is 25.2. The quantitative estimate of drug-likeness (QED) is 0.123. The van der Waals surface area contributed by atoms with E-state index < -0.39 is 34.8 Å². The molecule has 0 saturated heterocycles. The Morgan fingerprint density at radius 2 is 1.58 bits per heavy atom. The SMILES string of the molecule is CCC(CC)(NC(=O)C(C)C)C(=O)N[C@@H](CCCN=C(N)N)C(=O)NC1(C(N)=O)CCCC1. The number of hydrogen-bond donors (Lipinski definition) is 6. The summed E-state index contributed by atoms with van der Waals surface area (Å²) in [5.74, 6) is -2.15. The number of carbonyl (C=O) groups is 4. The van der Waals surface area contributed by atoms with Gasteiger partial charge in [0.2, 0.25) is 23.6 Å². The van der Waals surface area contributed by atoms with Crippen molar-refractivity contribution in [1.82, 2.24) is 16.0 Å². The lowest BCUT2D eigenvalue weighted by molar-refractivity contribution is -0.138. The van der Waals surface area contributed by atoms with Gasteiger partial charge >= 0.3 is 0 Å². The molecule has 1 aliphatic rings. The molecule has 188 valence electrons. The summed E-state index contributed by atoms with van der Waals surface area (Å²) in [5, 5.41) is 8.43. The number of guanidine groups is 1. The van der Waals surface area contributed by atoms with Gasteiger partial charge in [0.1, 0.15) is 17.1 Å². The summed E-state index contributed by atoms with van der Waals surface area (Å²) in [4.78, 5) is 54.9. The molecule has 9 N–H and O–H groups in total. The van der Waals surface area contributed by atoms with Gasteiger partial charge in [0.25, 0.3) is 0 Å². The highest BCUT2D eigenvalue weighted by molar-refractivity contribution is 5.97. The summed E-state index contributed by atoms with van der Waals surface area (Å²) in [6, 6.07) is -0.947. The van der Waals surface area contributed by atoms with E-state index in [1.165, 1.54) is 0 Å². The zero-order valence-electron chi connectivity index (χ0n) is 20.3. The molecular formula is C22H41N7O4. The number of rotatable bonds is 13. The number of nitrogens with two attached hydrogens (primary N) is 3. The predicted molar refractivity (Wildman–Crippen MR) is 127 cm³/mol. The minimum atomic E-state index is -1.16. The van der Waals surface area contributed by atoms with E-state index in [0.717, 1.165) is 12.8 Å². The molecule has 0 heterocycles. The Kier molecular flexibility index (Phi) is 10.6. The van der Waals surface area contributed by atoms with Crippen molar-refractivity contribution in [2.45, 2.75) is 96.2 Å². The Morgan fingerprint density at radius 3 is 2.03 bits per heavy atom. The van der Waals surface area contributed by atoms with Crippen molar-refractivity contribution in [1.29, 1.82) is 0 Å². The molecule has 0 aromatic rings. The third kappa shape index (κ3) is 7.61. The zero-order valence-corrected chi connectivity index (χ0v) is 20.3. The average molecular weight is 468 g/mol. The van der Waals surface area contributed by atoms with Crippen molar-refractivity contribution in [2.75, 3.05) is 6.54 Å². The van der Waals surface area contributed by atoms with Crippen molar-refractivity contribution in [3.8, 4) is 0 Å². The van der Waals surface area contributed by atoms with Crippen LogP contribution in [-0.4, -0.2) is 53.3 Å². The van der Waals surface area contributed by atoms with E-state index in [-0.39, 0.29) is 30.8 Å². The van der Waals surface area contributed by atoms with Crippen molar-refractivity contribution in [2.24, 2.45) is 28.1 Å². The van der Waals surface area contributed by atoms with Crippen LogP contribution in [-0.2, 0) is 19.2 Å². The maximum absolute atomic E-state index is 13.3. The molecule has 11 nitrogen and oxygen atoms in total. The number of hydrogen-bond acceptors (Lipinski definition) is 5. The fourth-order valence-corrected chi connectivity index (χ4v) is 3.99. The monoisotopic (exact) mass is 467 g/mol. The van der Waals surface area contributed by atoms with Crippen LogP contribution in [0.5, 0.6) is 0 Å². The van der Waals surface area contributed by atoms with Crippen LogP contribution in [0.25, 0.3) is 0 Å². The van der Waals surface area contributed by atoms with Crippen molar-refractivity contribution >= 4 is 29.6 Å². The smallest absolute Gasteiger partial charge is 0.246 e. The molecule has 0 radical (unpaired) electrons. The van der Waals surface area contributed by atoms with Crippen LogP contribution < -0.4 is 33.2 Å². The molecule has 0 bridgehead atoms. The molecule has 1 fully saturated rings. The molecule has 1 aliphatic carbocycles. The van der Waals surface area contributed by atoms with Gasteiger partial charge in [-0.15, -0.1) is 0 Å². The van der Waals surface area contributed by atoms with Gasteiger partial charge in [-0.2, -0.15) is 0 Å². The van der Waals surface area contributed by atoms with Crippen LogP contribution in [0.3, 0.4) is 0 Å². The summed E-state index contributed by atoms with van der Waals surface area (Å²) >= 11 is 0. The molecule has 1 atom stereocenters. The van der Waals surface area contributed by atoms with E-state index in [2.05, 4.69) is 20.9 Å². The molecule has 0 spiro atoms. The molecule has 33 heavy (non-hydrogen) atoms. The van der Waals surface area contributed by atoms with Crippen LogP contribution in [0.2, 0.25) is 0 Å². The van der Waals surface area contributed by atoms with E-state index in [1.54, 1.807) is 27.7 Å². The highest BCUT2D eigenvalue weighted by atomic mass is 16.2. The normalized spacial score (nSPS) is 16.0. The Hall–Kier alpha value is -2.85. The highest BCUT2D eigenvalue weighted by Gasteiger charge is 2.43. The van der Waals surface area contributed by atoms with Crippen LogP contribution in [0.4, 0.5) is 0 Å². The minimum Gasteiger partial charge on any atom is -0.370 e. The van der Waals surface area contributed by atoms with Gasteiger partial charge in [-0.05, 0) is 38.5 Å². The second-order valence-electron chi connectivity index (χ2n) is 9.05. The molecule has 0 aliphatic heterocycles. The number of aliphatic imine (C=N–C) groups is 1. The Labute approximate surface area is 196 Å². The number of primary amides is 1. The van der Waals surface area contributed by atoms with Crippen LogP contribution in [0.1, 0.15) is 79.1 Å². The molecule has 11 heteroatoms. The number of nitrogens with one attached hydrogen (secondary N) is 3. The average Bonchev–Trinajstić information content (AvgIpc) is 3.23. The predicted octanol–water partition coefficient (Wildman–Crippen LogP) is -0.230. The maximum atomic E-state index is 13.3. The summed E-state index contributed by atoms with van der Waals surface area (Å²) in [6.07, 6.45) is 3.83. The first-order valence-corrected chi connectivity index (χ1v) is 11.7. The molecule has 0 unspecified atom stereocenters. The standard InChI is InChI=1S/C22H41N7O4/c1-5-21(6-2,28-16(30)14(3)4)19(33)27-15(10-9-13-26-20(24)25)17(31)29-22(18(23)32)11-7-8-12-22/h14-15H,5-13H2,1-4H3,(H2,23,32)(H,27,33)(H,28,30)(H,29,31)(H4,24,25,26)/t15-/m0/s1. The summed E-state index contributed by atoms with van der Waals surface area (Å²) in [6.45, 7) is 7.37. The Bertz CT molecular complexity index is 737. The molecular weight excluding hydrogens is 426 g/mol. The van der Waals surface area contributed by atoms with Gasteiger partial charge in [-0.3, -0.25) is 24.2 Å². The van der Waals surface area contributed by atoms with Gasteiger partial charge < -0.3 is 33.2 Å². The minimum absolute atomic E-state index is 0.0638. The summed E-state index contributed by atoms with van der Waals surface area (Å²) in [5.41, 5.74) is 14.0. The van der Waals surface area contributed by atoms with Crippen LogP contribution in [0.15, 0.2) is 4.99 Å². The number of carbonyl (C=O) groups excluding carboxylic acids is 4. The van der Waals surface area contributed by atoms with Crippen LogP contribution in [0, 0.1) is 5.92 Å². The summed E-state index contributed by atoms with van der Waals surface area (Å²) < 4.78 is 0. The number of amides is 4. The van der Waals surface area contributed by atoms with Gasteiger partial charge in [-0.25, -0.2) is 0 Å². The lowest BCUT2D eigenvalue weighted by Gasteiger charge is -2.35. The molecule has 0 aromatic carbocycles. The highest BCUT2D eigenvalue weighted by Crippen LogP contribution is 2.29. The van der Waals surface area contributed by atoms with Crippen molar-refractivity contribution < 1.29 is 19.2 Å². The fraction of sp³-hybridized carbons (Fsp3) is 0.773. The first kappa shape index (κ1) is 28.2. The lowest BCUT2D eigenvalue weighted by Crippen LogP contribution is -2.64. The lowest BCUT2D eigenvalue weighted by atomic mass is 9.90. The van der Waals surface area contributed by atoms with Crippen molar-refractivity contribution in [3.63, 3.8) is 0 Å². The van der Waals surface area contributed by atoms with E-state index in [1.807, 2.05) is 0 Å². The van der Waals surface area contributed by atoms with Gasteiger partial charge in [0.15, 0.2) is 5.96 Å². The molecule has 0 aromatic heterocycles. The van der Waals surface area contributed by atoms with Gasteiger partial charge in [-0.1, -0.05) is 40.5 Å². The largest absolute Gasteiger partial charge is 0.370 e. The van der Waals surface area contributed by atoms with E-state index in [4.69, 9.17) is 17.2 Å². The summed E-state index contributed by atoms with van der Waals surface area (Å²) in [7, 11) is 0. The molecule has 1 saturated carbocycles. The second-order valence-corrected chi connectivity index (χ2v) is 9.05. The van der Waals surface area contributed by atoms with Gasteiger partial charge in [0.05, 0.1) is 0 Å². The third-order valence-corrected chi connectivity index (χ3v) is 6.39. The topological polar surface area (TPSA) is 195 Å². The Balaban J connectivity index is 3.09. The maximum Gasteiger partial charge on any atom is 0.246 e. The van der Waals surface area contributed by atoms with Crippen molar-refractivity contribution in [3.05, 3.63) is 0 Å². The number of nitrogens with zero attached hydrogens (tertiary/aromatic N) is 1. The molecule has 1 rings (SSSR count). The van der Waals surface area contributed by atoms with Crippen LogP contribution >= 0.6 is 0 Å². The van der Waals surface area contributed by atoms with E-state index in [0.29, 0.717) is 32.1 Å². The van der Waals surface area contributed by atoms with E-state index in [9.17, 15) is 19.2 Å². The third-order valence-electron chi connectivity index (χ3n) is 6.39. The molecule has 4 amide bonds. The van der Waals surface area contributed by atoms with Gasteiger partial charge in [0, 0.05) is 12.5 Å². The first-order valence-electron chi connectivity index (χ1n) is 11.7.